The van der Waals surface area contributed by atoms with Crippen molar-refractivity contribution in [2.24, 2.45) is 0 Å². The first-order valence-corrected chi connectivity index (χ1v) is 5.34. The van der Waals surface area contributed by atoms with Crippen LogP contribution in [-0.4, -0.2) is 33.3 Å². The molecule has 0 spiro atoms. The van der Waals surface area contributed by atoms with E-state index in [1.54, 1.807) is 11.9 Å². The molecule has 0 unspecified atom stereocenters. The molecule has 5 nitrogen and oxygen atoms in total. The lowest BCUT2D eigenvalue weighted by Gasteiger charge is -2.16. The summed E-state index contributed by atoms with van der Waals surface area (Å²) in [6.07, 6.45) is 1.43. The van der Waals surface area contributed by atoms with Crippen LogP contribution in [0, 0.1) is 6.92 Å². The van der Waals surface area contributed by atoms with E-state index in [4.69, 9.17) is 0 Å². The quantitative estimate of drug-likeness (QED) is 0.866. The van der Waals surface area contributed by atoms with Gasteiger partial charge in [-0.2, -0.15) is 15.4 Å². The summed E-state index contributed by atoms with van der Waals surface area (Å²) in [6, 6.07) is 8.00. The Bertz CT molecular complexity index is 507. The van der Waals surface area contributed by atoms with Crippen molar-refractivity contribution in [1.82, 2.24) is 20.3 Å². The molecule has 1 amide bonds. The van der Waals surface area contributed by atoms with Crippen molar-refractivity contribution in [3.63, 3.8) is 0 Å². The fourth-order valence-electron chi connectivity index (χ4n) is 1.62. The first kappa shape index (κ1) is 11.3. The zero-order valence-electron chi connectivity index (χ0n) is 9.84. The lowest BCUT2D eigenvalue weighted by atomic mass is 10.1. The third-order valence-electron chi connectivity index (χ3n) is 2.65. The number of hydrogen-bond acceptors (Lipinski definition) is 3. The van der Waals surface area contributed by atoms with Crippen molar-refractivity contribution >= 4 is 5.91 Å². The standard InChI is InChI=1S/C12H14N4O/c1-9-5-3-4-6-10(9)8-16(2)12(17)11-7-13-15-14-11/h3-7H,8H2,1-2H3,(H,13,14,15). The Morgan fingerprint density at radius 3 is 2.82 bits per heavy atom. The van der Waals surface area contributed by atoms with Crippen LogP contribution in [0.5, 0.6) is 0 Å². The first-order chi connectivity index (χ1) is 8.18. The van der Waals surface area contributed by atoms with Crippen LogP contribution in [0.25, 0.3) is 0 Å². The Morgan fingerprint density at radius 1 is 1.41 bits per heavy atom. The number of nitrogens with zero attached hydrogens (tertiary/aromatic N) is 3. The van der Waals surface area contributed by atoms with E-state index in [9.17, 15) is 4.79 Å². The summed E-state index contributed by atoms with van der Waals surface area (Å²) in [7, 11) is 1.75. The normalized spacial score (nSPS) is 10.2. The highest BCUT2D eigenvalue weighted by molar-refractivity contribution is 5.91. The molecule has 0 aliphatic rings. The van der Waals surface area contributed by atoms with E-state index in [1.807, 2.05) is 31.2 Å². The highest BCUT2D eigenvalue weighted by Gasteiger charge is 2.14. The largest absolute Gasteiger partial charge is 0.336 e. The van der Waals surface area contributed by atoms with Gasteiger partial charge in [-0.15, -0.1) is 0 Å². The van der Waals surface area contributed by atoms with Crippen molar-refractivity contribution in [3.8, 4) is 0 Å². The summed E-state index contributed by atoms with van der Waals surface area (Å²) >= 11 is 0. The Kier molecular flexibility index (Phi) is 3.18. The number of nitrogens with one attached hydrogen (secondary N) is 1. The molecule has 1 N–H and O–H groups in total. The number of amides is 1. The average molecular weight is 230 g/mol. The van der Waals surface area contributed by atoms with Gasteiger partial charge in [-0.05, 0) is 18.1 Å². The van der Waals surface area contributed by atoms with Crippen LogP contribution < -0.4 is 0 Å². The summed E-state index contributed by atoms with van der Waals surface area (Å²) in [5.41, 5.74) is 2.64. The van der Waals surface area contributed by atoms with Gasteiger partial charge in [0.2, 0.25) is 0 Å². The predicted molar refractivity (Wildman–Crippen MR) is 63.4 cm³/mol. The van der Waals surface area contributed by atoms with E-state index in [-0.39, 0.29) is 5.91 Å². The third kappa shape index (κ3) is 2.50. The first-order valence-electron chi connectivity index (χ1n) is 5.34. The lowest BCUT2D eigenvalue weighted by Crippen LogP contribution is -2.26. The molecular formula is C12H14N4O. The molecule has 0 aliphatic heterocycles. The van der Waals surface area contributed by atoms with Crippen molar-refractivity contribution < 1.29 is 4.79 Å². The Labute approximate surface area is 99.5 Å². The van der Waals surface area contributed by atoms with Crippen molar-refractivity contribution in [3.05, 3.63) is 47.3 Å². The molecule has 1 aromatic heterocycles. The molecule has 1 aromatic carbocycles. The second kappa shape index (κ2) is 4.78. The fraction of sp³-hybridized carbons (Fsp3) is 0.250. The van der Waals surface area contributed by atoms with Crippen molar-refractivity contribution in [2.45, 2.75) is 13.5 Å². The highest BCUT2D eigenvalue weighted by Crippen LogP contribution is 2.10. The molecule has 2 aromatic rings. The minimum atomic E-state index is -0.137. The minimum absolute atomic E-state index is 0.137. The van der Waals surface area contributed by atoms with Crippen molar-refractivity contribution in [2.75, 3.05) is 7.05 Å². The predicted octanol–water partition coefficient (Wildman–Crippen LogP) is 1.39. The van der Waals surface area contributed by atoms with Crippen LogP contribution in [0.1, 0.15) is 21.6 Å². The molecule has 0 radical (unpaired) electrons. The van der Waals surface area contributed by atoms with E-state index >= 15 is 0 Å². The van der Waals surface area contributed by atoms with Gasteiger partial charge in [-0.25, -0.2) is 0 Å². The van der Waals surface area contributed by atoms with E-state index in [0.717, 1.165) is 5.56 Å². The molecule has 0 saturated carbocycles. The molecule has 0 atom stereocenters. The van der Waals surface area contributed by atoms with Gasteiger partial charge in [0.25, 0.3) is 5.91 Å². The van der Waals surface area contributed by atoms with Crippen LogP contribution in [0.3, 0.4) is 0 Å². The number of carbonyl (C=O) groups excluding carboxylic acids is 1. The van der Waals surface area contributed by atoms with Crippen LogP contribution >= 0.6 is 0 Å². The van der Waals surface area contributed by atoms with Gasteiger partial charge in [0.05, 0.1) is 6.20 Å². The number of aryl methyl sites for hydroxylation is 1. The smallest absolute Gasteiger partial charge is 0.276 e. The number of aromatic amines is 1. The zero-order valence-corrected chi connectivity index (χ0v) is 9.84. The minimum Gasteiger partial charge on any atom is -0.336 e. The summed E-state index contributed by atoms with van der Waals surface area (Å²) in [5.74, 6) is -0.137. The molecule has 0 bridgehead atoms. The summed E-state index contributed by atoms with van der Waals surface area (Å²) in [4.78, 5) is 13.6. The summed E-state index contributed by atoms with van der Waals surface area (Å²) in [6.45, 7) is 2.60. The molecular weight excluding hydrogens is 216 g/mol. The topological polar surface area (TPSA) is 61.9 Å². The van der Waals surface area contributed by atoms with E-state index < -0.39 is 0 Å². The molecule has 0 aliphatic carbocycles. The van der Waals surface area contributed by atoms with Gasteiger partial charge in [0, 0.05) is 13.6 Å². The van der Waals surface area contributed by atoms with Crippen molar-refractivity contribution in [1.29, 1.82) is 0 Å². The third-order valence-corrected chi connectivity index (χ3v) is 2.65. The van der Waals surface area contributed by atoms with E-state index in [1.165, 1.54) is 11.8 Å². The Hall–Kier alpha value is -2.17. The molecule has 5 heteroatoms. The Balaban J connectivity index is 2.10. The number of aromatic nitrogens is 3. The fourth-order valence-corrected chi connectivity index (χ4v) is 1.62. The second-order valence-electron chi connectivity index (χ2n) is 3.94. The molecule has 88 valence electrons. The van der Waals surface area contributed by atoms with Crippen LogP contribution in [0.4, 0.5) is 0 Å². The number of benzene rings is 1. The molecule has 0 saturated heterocycles. The maximum absolute atomic E-state index is 11.9. The SMILES string of the molecule is Cc1ccccc1CN(C)C(=O)c1cn[nH]n1. The number of hydrogen-bond donors (Lipinski definition) is 1. The number of rotatable bonds is 3. The highest BCUT2D eigenvalue weighted by atomic mass is 16.2. The van der Waals surface area contributed by atoms with E-state index in [2.05, 4.69) is 15.4 Å². The molecule has 17 heavy (non-hydrogen) atoms. The van der Waals surface area contributed by atoms with Crippen LogP contribution in [0.15, 0.2) is 30.5 Å². The zero-order chi connectivity index (χ0) is 12.3. The van der Waals surface area contributed by atoms with Crippen LogP contribution in [-0.2, 0) is 6.54 Å². The molecule has 0 fully saturated rings. The summed E-state index contributed by atoms with van der Waals surface area (Å²) < 4.78 is 0. The molecule has 2 rings (SSSR count). The average Bonchev–Trinajstić information content (AvgIpc) is 2.84. The number of H-pyrrole nitrogens is 1. The maximum atomic E-state index is 11.9. The second-order valence-corrected chi connectivity index (χ2v) is 3.94. The number of carbonyl (C=O) groups is 1. The van der Waals surface area contributed by atoms with Gasteiger partial charge < -0.3 is 4.90 Å². The van der Waals surface area contributed by atoms with Gasteiger partial charge in [-0.1, -0.05) is 24.3 Å². The van der Waals surface area contributed by atoms with Gasteiger partial charge >= 0.3 is 0 Å². The maximum Gasteiger partial charge on any atom is 0.276 e. The monoisotopic (exact) mass is 230 g/mol. The molecule has 1 heterocycles. The van der Waals surface area contributed by atoms with Gasteiger partial charge in [-0.3, -0.25) is 4.79 Å². The van der Waals surface area contributed by atoms with Gasteiger partial charge in [0.1, 0.15) is 0 Å². The Morgan fingerprint density at radius 2 is 2.18 bits per heavy atom. The lowest BCUT2D eigenvalue weighted by molar-refractivity contribution is 0.0779. The van der Waals surface area contributed by atoms with Gasteiger partial charge in [0.15, 0.2) is 5.69 Å². The van der Waals surface area contributed by atoms with E-state index in [0.29, 0.717) is 12.2 Å². The van der Waals surface area contributed by atoms with Crippen LogP contribution in [0.2, 0.25) is 0 Å². The summed E-state index contributed by atoms with van der Waals surface area (Å²) in [5, 5.41) is 9.83.